The highest BCUT2D eigenvalue weighted by molar-refractivity contribution is 6.37. The van der Waals surface area contributed by atoms with Crippen LogP contribution in [-0.2, 0) is 0 Å². The highest BCUT2D eigenvalue weighted by Crippen LogP contribution is 2.32. The van der Waals surface area contributed by atoms with E-state index in [0.717, 1.165) is 11.1 Å². The van der Waals surface area contributed by atoms with E-state index in [-0.39, 0.29) is 5.78 Å². The highest BCUT2D eigenvalue weighted by Gasteiger charge is 2.18. The summed E-state index contributed by atoms with van der Waals surface area (Å²) >= 11 is 12.4. The van der Waals surface area contributed by atoms with Crippen LogP contribution in [0.3, 0.4) is 0 Å². The molecule has 0 amide bonds. The molecule has 0 N–H and O–H groups in total. The number of hydrogen-bond donors (Lipinski definition) is 0. The smallest absolute Gasteiger partial charge is 0.194 e. The Balaban J connectivity index is 2.49. The molecule has 2 aromatic carbocycles. The fourth-order valence-corrected chi connectivity index (χ4v) is 2.55. The van der Waals surface area contributed by atoms with Crippen molar-refractivity contribution in [1.82, 2.24) is 0 Å². The van der Waals surface area contributed by atoms with E-state index < -0.39 is 0 Å². The third-order valence-corrected chi connectivity index (χ3v) is 3.81. The number of ether oxygens (including phenoxy) is 1. The normalized spacial score (nSPS) is 10.5. The van der Waals surface area contributed by atoms with Crippen LogP contribution in [0.15, 0.2) is 30.3 Å². The minimum Gasteiger partial charge on any atom is -0.492 e. The first-order valence-corrected chi connectivity index (χ1v) is 7.43. The van der Waals surface area contributed by atoms with E-state index in [2.05, 4.69) is 0 Å². The van der Waals surface area contributed by atoms with Gasteiger partial charge >= 0.3 is 0 Å². The number of benzene rings is 2. The van der Waals surface area contributed by atoms with Crippen molar-refractivity contribution in [3.63, 3.8) is 0 Å². The Hall–Kier alpha value is -1.51. The van der Waals surface area contributed by atoms with E-state index >= 15 is 0 Å². The molecule has 4 heteroatoms. The van der Waals surface area contributed by atoms with E-state index in [9.17, 15) is 4.79 Å². The van der Waals surface area contributed by atoms with Crippen LogP contribution in [0.4, 0.5) is 0 Å². The van der Waals surface area contributed by atoms with Gasteiger partial charge in [0.25, 0.3) is 0 Å². The van der Waals surface area contributed by atoms with E-state index in [4.69, 9.17) is 27.9 Å². The fourth-order valence-electron chi connectivity index (χ4n) is 2.09. The molecule has 0 aliphatic carbocycles. The number of carbonyl (C=O) groups excluding carboxylic acids is 1. The van der Waals surface area contributed by atoms with Gasteiger partial charge in [-0.25, -0.2) is 0 Å². The molecule has 110 valence electrons. The van der Waals surface area contributed by atoms with Crippen molar-refractivity contribution in [2.24, 2.45) is 0 Å². The molecule has 0 aromatic heterocycles. The van der Waals surface area contributed by atoms with Crippen molar-refractivity contribution >= 4 is 29.0 Å². The van der Waals surface area contributed by atoms with Crippen molar-refractivity contribution in [2.45, 2.75) is 20.8 Å². The van der Waals surface area contributed by atoms with Gasteiger partial charge in [-0.15, -0.1) is 0 Å². The quantitative estimate of drug-likeness (QED) is 0.719. The molecule has 21 heavy (non-hydrogen) atoms. The molecule has 0 spiro atoms. The van der Waals surface area contributed by atoms with Crippen molar-refractivity contribution in [3.05, 3.63) is 62.6 Å². The summed E-state index contributed by atoms with van der Waals surface area (Å²) in [6.07, 6.45) is 0. The molecule has 0 unspecified atom stereocenters. The molecule has 2 rings (SSSR count). The Bertz CT molecular complexity index is 693. The second-order valence-electron chi connectivity index (χ2n) is 4.84. The molecule has 0 saturated carbocycles. The summed E-state index contributed by atoms with van der Waals surface area (Å²) in [5, 5.41) is 0.726. The van der Waals surface area contributed by atoms with Crippen molar-refractivity contribution in [2.75, 3.05) is 6.61 Å². The standard InChI is InChI=1S/C17H16Cl2O2/c1-4-21-16-9-14(18)13(8-15(16)19)17(20)12-7-10(2)5-6-11(12)3/h5-9H,4H2,1-3H3. The number of ketones is 1. The molecule has 0 fully saturated rings. The second kappa shape index (κ2) is 6.50. The van der Waals surface area contributed by atoms with Crippen LogP contribution in [-0.4, -0.2) is 12.4 Å². The maximum atomic E-state index is 12.7. The van der Waals surface area contributed by atoms with Crippen LogP contribution in [0.5, 0.6) is 5.75 Å². The Morgan fingerprint density at radius 2 is 1.76 bits per heavy atom. The van der Waals surface area contributed by atoms with Gasteiger partial charge in [-0.05, 0) is 38.5 Å². The molecular formula is C17H16Cl2O2. The summed E-state index contributed by atoms with van der Waals surface area (Å²) in [6.45, 7) is 6.19. The Morgan fingerprint density at radius 3 is 2.43 bits per heavy atom. The molecule has 0 aliphatic heterocycles. The van der Waals surface area contributed by atoms with Crippen molar-refractivity contribution < 1.29 is 9.53 Å². The van der Waals surface area contributed by atoms with Crippen LogP contribution >= 0.6 is 23.2 Å². The van der Waals surface area contributed by atoms with Crippen molar-refractivity contribution in [3.8, 4) is 5.75 Å². The summed E-state index contributed by atoms with van der Waals surface area (Å²) < 4.78 is 5.37. The Labute approximate surface area is 134 Å². The lowest BCUT2D eigenvalue weighted by molar-refractivity contribution is 0.103. The average molecular weight is 323 g/mol. The lowest BCUT2D eigenvalue weighted by atomic mass is 9.97. The van der Waals surface area contributed by atoms with Gasteiger partial charge in [0.1, 0.15) is 5.75 Å². The summed E-state index contributed by atoms with van der Waals surface area (Å²) in [4.78, 5) is 12.7. The minimum absolute atomic E-state index is 0.133. The van der Waals surface area contributed by atoms with Gasteiger partial charge in [-0.3, -0.25) is 4.79 Å². The molecule has 0 bridgehead atoms. The number of aryl methyl sites for hydroxylation is 2. The van der Waals surface area contributed by atoms with Crippen molar-refractivity contribution in [1.29, 1.82) is 0 Å². The predicted octanol–water partition coefficient (Wildman–Crippen LogP) is 5.24. The van der Waals surface area contributed by atoms with E-state index in [1.165, 1.54) is 0 Å². The highest BCUT2D eigenvalue weighted by atomic mass is 35.5. The summed E-state index contributed by atoms with van der Waals surface area (Å²) in [6, 6.07) is 8.91. The maximum Gasteiger partial charge on any atom is 0.194 e. The minimum atomic E-state index is -0.133. The second-order valence-corrected chi connectivity index (χ2v) is 5.66. The van der Waals surface area contributed by atoms with Crippen LogP contribution < -0.4 is 4.74 Å². The first kappa shape index (κ1) is 15.9. The first-order chi connectivity index (χ1) is 9.93. The van der Waals surface area contributed by atoms with Gasteiger partial charge < -0.3 is 4.74 Å². The monoisotopic (exact) mass is 322 g/mol. The van der Waals surface area contributed by atoms with Gasteiger partial charge in [0.2, 0.25) is 0 Å². The lowest BCUT2D eigenvalue weighted by Gasteiger charge is -2.11. The summed E-state index contributed by atoms with van der Waals surface area (Å²) in [7, 11) is 0. The van der Waals surface area contributed by atoms with E-state index in [1.54, 1.807) is 12.1 Å². The summed E-state index contributed by atoms with van der Waals surface area (Å²) in [5.74, 6) is 0.354. The Morgan fingerprint density at radius 1 is 1.05 bits per heavy atom. The van der Waals surface area contributed by atoms with Gasteiger partial charge in [-0.1, -0.05) is 40.9 Å². The zero-order valence-corrected chi connectivity index (χ0v) is 13.7. The first-order valence-electron chi connectivity index (χ1n) is 6.67. The third kappa shape index (κ3) is 3.39. The third-order valence-electron chi connectivity index (χ3n) is 3.20. The molecule has 0 heterocycles. The number of hydrogen-bond acceptors (Lipinski definition) is 2. The molecule has 2 nitrogen and oxygen atoms in total. The topological polar surface area (TPSA) is 26.3 Å². The molecule has 0 saturated heterocycles. The van der Waals surface area contributed by atoms with Crippen LogP contribution in [0.1, 0.15) is 34.0 Å². The number of halogens is 2. The zero-order chi connectivity index (χ0) is 15.6. The van der Waals surface area contributed by atoms with E-state index in [0.29, 0.717) is 33.5 Å². The molecule has 0 radical (unpaired) electrons. The van der Waals surface area contributed by atoms with Gasteiger partial charge in [0, 0.05) is 17.2 Å². The average Bonchev–Trinajstić information content (AvgIpc) is 2.44. The number of carbonyl (C=O) groups is 1. The Kier molecular flexibility index (Phi) is 4.92. The van der Waals surface area contributed by atoms with Crippen LogP contribution in [0.25, 0.3) is 0 Å². The molecule has 0 atom stereocenters. The van der Waals surface area contributed by atoms with E-state index in [1.807, 2.05) is 39.0 Å². The lowest BCUT2D eigenvalue weighted by Crippen LogP contribution is -2.06. The predicted molar refractivity (Wildman–Crippen MR) is 87.0 cm³/mol. The van der Waals surface area contributed by atoms with Gasteiger partial charge in [0.05, 0.1) is 16.7 Å². The largest absolute Gasteiger partial charge is 0.492 e. The molecular weight excluding hydrogens is 307 g/mol. The van der Waals surface area contributed by atoms with Gasteiger partial charge in [0.15, 0.2) is 5.78 Å². The number of rotatable bonds is 4. The molecule has 2 aromatic rings. The van der Waals surface area contributed by atoms with Crippen LogP contribution in [0, 0.1) is 13.8 Å². The molecule has 0 aliphatic rings. The summed E-state index contributed by atoms with van der Waals surface area (Å²) in [5.41, 5.74) is 2.96. The van der Waals surface area contributed by atoms with Gasteiger partial charge in [-0.2, -0.15) is 0 Å². The fraction of sp³-hybridized carbons (Fsp3) is 0.235. The van der Waals surface area contributed by atoms with Crippen LogP contribution in [0.2, 0.25) is 10.0 Å². The SMILES string of the molecule is CCOc1cc(Cl)c(C(=O)c2cc(C)ccc2C)cc1Cl. The zero-order valence-electron chi connectivity index (χ0n) is 12.2. The maximum absolute atomic E-state index is 12.7.